The fourth-order valence-electron chi connectivity index (χ4n) is 2.81. The van der Waals surface area contributed by atoms with Gasteiger partial charge in [0.1, 0.15) is 0 Å². The van der Waals surface area contributed by atoms with Gasteiger partial charge in [-0.25, -0.2) is 0 Å². The lowest BCUT2D eigenvalue weighted by Gasteiger charge is -2.17. The molecule has 6 nitrogen and oxygen atoms in total. The highest BCUT2D eigenvalue weighted by Crippen LogP contribution is 2.58. The second-order valence-corrected chi connectivity index (χ2v) is 6.22. The molecule has 0 radical (unpaired) electrons. The van der Waals surface area contributed by atoms with Crippen molar-refractivity contribution >= 4 is 23.5 Å². The van der Waals surface area contributed by atoms with E-state index < -0.39 is 23.2 Å². The zero-order valence-corrected chi connectivity index (χ0v) is 12.9. The van der Waals surface area contributed by atoms with Crippen LogP contribution in [0.15, 0.2) is 30.3 Å². The van der Waals surface area contributed by atoms with Crippen LogP contribution in [0.25, 0.3) is 0 Å². The van der Waals surface area contributed by atoms with Crippen LogP contribution in [-0.4, -0.2) is 41.4 Å². The number of carboxylic acids is 1. The van der Waals surface area contributed by atoms with Gasteiger partial charge in [0.25, 0.3) is 0 Å². The Morgan fingerprint density at radius 2 is 1.77 bits per heavy atom. The minimum atomic E-state index is -0.967. The molecule has 0 saturated heterocycles. The predicted octanol–water partition coefficient (Wildman–Crippen LogP) is 1.44. The van der Waals surface area contributed by atoms with E-state index in [1.54, 1.807) is 38.1 Å². The highest BCUT2D eigenvalue weighted by atomic mass is 16.4. The minimum Gasteiger partial charge on any atom is -0.481 e. The Kier molecular flexibility index (Phi) is 4.21. The average molecular weight is 304 g/mol. The topological polar surface area (TPSA) is 86.7 Å². The summed E-state index contributed by atoms with van der Waals surface area (Å²) in [5.41, 5.74) is 0.0936. The summed E-state index contributed by atoms with van der Waals surface area (Å²) in [6.45, 7) is 3.41. The molecule has 1 aromatic rings. The highest BCUT2D eigenvalue weighted by molar-refractivity contribution is 5.97. The van der Waals surface area contributed by atoms with E-state index in [1.807, 2.05) is 6.07 Å². The molecule has 0 aromatic heterocycles. The van der Waals surface area contributed by atoms with Crippen LogP contribution in [0.2, 0.25) is 0 Å². The largest absolute Gasteiger partial charge is 0.481 e. The van der Waals surface area contributed by atoms with Crippen LogP contribution in [0.3, 0.4) is 0 Å². The van der Waals surface area contributed by atoms with Gasteiger partial charge in [-0.1, -0.05) is 32.0 Å². The van der Waals surface area contributed by atoms with E-state index >= 15 is 0 Å². The lowest BCUT2D eigenvalue weighted by molar-refractivity contribution is -0.142. The quantitative estimate of drug-likeness (QED) is 0.862. The van der Waals surface area contributed by atoms with E-state index in [2.05, 4.69) is 5.32 Å². The molecule has 1 fully saturated rings. The van der Waals surface area contributed by atoms with Crippen molar-refractivity contribution < 1.29 is 19.5 Å². The van der Waals surface area contributed by atoms with Crippen molar-refractivity contribution in [1.82, 2.24) is 4.90 Å². The number of likely N-dealkylation sites (N-methyl/N-ethyl adjacent to an activating group) is 1. The number of para-hydroxylation sites is 1. The molecule has 0 spiro atoms. The molecule has 0 bridgehead atoms. The van der Waals surface area contributed by atoms with Gasteiger partial charge in [0.2, 0.25) is 11.8 Å². The zero-order chi connectivity index (χ0) is 16.5. The van der Waals surface area contributed by atoms with Gasteiger partial charge in [0.15, 0.2) is 0 Å². The molecule has 1 aromatic carbocycles. The fourth-order valence-corrected chi connectivity index (χ4v) is 2.81. The van der Waals surface area contributed by atoms with E-state index in [1.165, 1.54) is 11.9 Å². The number of anilines is 1. The maximum absolute atomic E-state index is 12.3. The van der Waals surface area contributed by atoms with E-state index in [4.69, 9.17) is 5.11 Å². The third-order valence-corrected chi connectivity index (χ3v) is 4.17. The first kappa shape index (κ1) is 16.0. The summed E-state index contributed by atoms with van der Waals surface area (Å²) in [4.78, 5) is 36.6. The number of carboxylic acid groups (broad SMARTS) is 1. The van der Waals surface area contributed by atoms with Crippen LogP contribution in [-0.2, 0) is 14.4 Å². The minimum absolute atomic E-state index is 0.105. The molecule has 0 aliphatic heterocycles. The van der Waals surface area contributed by atoms with Crippen molar-refractivity contribution in [2.75, 3.05) is 18.9 Å². The molecular formula is C16H20N2O4. The molecule has 0 unspecified atom stereocenters. The summed E-state index contributed by atoms with van der Waals surface area (Å²) in [5, 5.41) is 11.8. The number of benzene rings is 1. The summed E-state index contributed by atoms with van der Waals surface area (Å²) in [7, 11) is 1.51. The molecule has 1 saturated carbocycles. The van der Waals surface area contributed by atoms with Crippen LogP contribution in [0.1, 0.15) is 13.8 Å². The van der Waals surface area contributed by atoms with Gasteiger partial charge >= 0.3 is 5.97 Å². The van der Waals surface area contributed by atoms with E-state index in [0.29, 0.717) is 5.69 Å². The lowest BCUT2D eigenvalue weighted by atomic mass is 10.1. The number of nitrogens with zero attached hydrogens (tertiary/aromatic N) is 1. The average Bonchev–Trinajstić information content (AvgIpc) is 3.01. The third kappa shape index (κ3) is 3.10. The standard InChI is InChI=1S/C16H20N2O4/c1-16(2)12(13(16)15(21)22)14(20)18(3)9-11(19)17-10-7-5-4-6-8-10/h4-8,12-13H,9H2,1-3H3,(H,17,19)(H,21,22)/t12-,13+/m0/s1. The number of hydrogen-bond acceptors (Lipinski definition) is 3. The zero-order valence-electron chi connectivity index (χ0n) is 12.9. The Morgan fingerprint density at radius 3 is 2.27 bits per heavy atom. The molecule has 2 rings (SSSR count). The second-order valence-electron chi connectivity index (χ2n) is 6.22. The maximum atomic E-state index is 12.3. The van der Waals surface area contributed by atoms with Crippen molar-refractivity contribution in [3.63, 3.8) is 0 Å². The monoisotopic (exact) mass is 304 g/mol. The Bertz CT molecular complexity index is 597. The van der Waals surface area contributed by atoms with Crippen LogP contribution in [0, 0.1) is 17.3 Å². The number of hydrogen-bond donors (Lipinski definition) is 2. The summed E-state index contributed by atoms with van der Waals surface area (Å²) in [6, 6.07) is 8.95. The Morgan fingerprint density at radius 1 is 1.18 bits per heavy atom. The van der Waals surface area contributed by atoms with Crippen LogP contribution < -0.4 is 5.32 Å². The maximum Gasteiger partial charge on any atom is 0.307 e. The van der Waals surface area contributed by atoms with E-state index in [9.17, 15) is 14.4 Å². The summed E-state index contributed by atoms with van der Waals surface area (Å²) in [5.74, 6) is -2.84. The van der Waals surface area contributed by atoms with Crippen LogP contribution in [0.4, 0.5) is 5.69 Å². The van der Waals surface area contributed by atoms with Gasteiger partial charge in [0.05, 0.1) is 18.4 Å². The predicted molar refractivity (Wildman–Crippen MR) is 81.1 cm³/mol. The van der Waals surface area contributed by atoms with E-state index in [-0.39, 0.29) is 18.4 Å². The van der Waals surface area contributed by atoms with Gasteiger partial charge in [-0.15, -0.1) is 0 Å². The molecule has 6 heteroatoms. The van der Waals surface area contributed by atoms with Crippen molar-refractivity contribution in [1.29, 1.82) is 0 Å². The smallest absolute Gasteiger partial charge is 0.307 e. The van der Waals surface area contributed by atoms with Crippen LogP contribution >= 0.6 is 0 Å². The van der Waals surface area contributed by atoms with Crippen molar-refractivity contribution in [2.24, 2.45) is 17.3 Å². The van der Waals surface area contributed by atoms with E-state index in [0.717, 1.165) is 0 Å². The van der Waals surface area contributed by atoms with Gasteiger partial charge in [-0.05, 0) is 17.5 Å². The van der Waals surface area contributed by atoms with Gasteiger partial charge in [-0.2, -0.15) is 0 Å². The molecule has 0 heterocycles. The molecule has 22 heavy (non-hydrogen) atoms. The Hall–Kier alpha value is -2.37. The number of carbonyl (C=O) groups excluding carboxylic acids is 2. The SMILES string of the molecule is CN(CC(=O)Nc1ccccc1)C(=O)[C@@H]1[C@H](C(=O)O)C1(C)C. The van der Waals surface area contributed by atoms with Gasteiger partial charge in [-0.3, -0.25) is 14.4 Å². The Labute approximate surface area is 129 Å². The number of nitrogens with one attached hydrogen (secondary N) is 1. The highest BCUT2D eigenvalue weighted by Gasteiger charge is 2.66. The number of rotatable bonds is 5. The molecule has 1 aliphatic rings. The van der Waals surface area contributed by atoms with Crippen molar-refractivity contribution in [3.05, 3.63) is 30.3 Å². The summed E-state index contributed by atoms with van der Waals surface area (Å²) >= 11 is 0. The number of amides is 2. The molecule has 118 valence electrons. The van der Waals surface area contributed by atoms with Crippen LogP contribution in [0.5, 0.6) is 0 Å². The molecular weight excluding hydrogens is 284 g/mol. The van der Waals surface area contributed by atoms with Crippen molar-refractivity contribution in [3.8, 4) is 0 Å². The normalized spacial score (nSPS) is 21.8. The third-order valence-electron chi connectivity index (χ3n) is 4.17. The van der Waals surface area contributed by atoms with Crippen molar-refractivity contribution in [2.45, 2.75) is 13.8 Å². The number of aliphatic carboxylic acids is 1. The number of carbonyl (C=O) groups is 3. The summed E-state index contributed by atoms with van der Waals surface area (Å²) in [6.07, 6.45) is 0. The first-order chi connectivity index (χ1) is 10.2. The van der Waals surface area contributed by atoms with Gasteiger partial charge in [0, 0.05) is 12.7 Å². The first-order valence-electron chi connectivity index (χ1n) is 7.08. The second kappa shape index (κ2) is 5.79. The first-order valence-corrected chi connectivity index (χ1v) is 7.08. The molecule has 1 aliphatic carbocycles. The molecule has 2 N–H and O–H groups in total. The molecule has 2 atom stereocenters. The summed E-state index contributed by atoms with van der Waals surface area (Å²) < 4.78 is 0. The lowest BCUT2D eigenvalue weighted by Crippen LogP contribution is -2.36. The Balaban J connectivity index is 1.92. The van der Waals surface area contributed by atoms with Gasteiger partial charge < -0.3 is 15.3 Å². The fraction of sp³-hybridized carbons (Fsp3) is 0.438. The molecule has 2 amide bonds.